The summed E-state index contributed by atoms with van der Waals surface area (Å²) in [5.41, 5.74) is 2.17. The highest BCUT2D eigenvalue weighted by molar-refractivity contribution is 7.89. The van der Waals surface area contributed by atoms with E-state index in [4.69, 9.17) is 0 Å². The second kappa shape index (κ2) is 5.72. The highest BCUT2D eigenvalue weighted by atomic mass is 32.2. The van der Waals surface area contributed by atoms with Gasteiger partial charge in [-0.1, -0.05) is 48.4 Å². The topological polar surface area (TPSA) is 46.2 Å². The first-order valence-electron chi connectivity index (χ1n) is 6.40. The molecule has 0 fully saturated rings. The van der Waals surface area contributed by atoms with Gasteiger partial charge in [0.25, 0.3) is 0 Å². The molecule has 2 rings (SSSR count). The van der Waals surface area contributed by atoms with Gasteiger partial charge >= 0.3 is 0 Å². The van der Waals surface area contributed by atoms with E-state index in [0.29, 0.717) is 17.4 Å². The average Bonchev–Trinajstić information content (AvgIpc) is 2.37. The molecular weight excluding hydrogens is 258 g/mol. The lowest BCUT2D eigenvalue weighted by Crippen LogP contribution is -2.26. The molecule has 102 valence electrons. The molecular formula is C15H19NO2S. The maximum absolute atomic E-state index is 12.1. The maximum Gasteiger partial charge on any atom is 0.240 e. The highest BCUT2D eigenvalue weighted by Gasteiger charge is 2.14. The normalized spacial score (nSPS) is 19.3. The van der Waals surface area contributed by atoms with E-state index in [1.807, 2.05) is 6.92 Å². The Labute approximate surface area is 115 Å². The van der Waals surface area contributed by atoms with Crippen molar-refractivity contribution in [3.63, 3.8) is 0 Å². The van der Waals surface area contributed by atoms with Gasteiger partial charge in [0, 0.05) is 6.54 Å². The van der Waals surface area contributed by atoms with Crippen LogP contribution in [0.25, 0.3) is 0 Å². The van der Waals surface area contributed by atoms with Crippen LogP contribution in [-0.2, 0) is 10.0 Å². The summed E-state index contributed by atoms with van der Waals surface area (Å²) in [6, 6.07) is 6.88. The lowest BCUT2D eigenvalue weighted by Gasteiger charge is -2.13. The summed E-state index contributed by atoms with van der Waals surface area (Å²) in [4.78, 5) is 0.318. The molecule has 0 bridgehead atoms. The van der Waals surface area contributed by atoms with Crippen LogP contribution in [0.15, 0.2) is 53.0 Å². The molecule has 0 amide bonds. The first-order valence-corrected chi connectivity index (χ1v) is 7.88. The van der Waals surface area contributed by atoms with Gasteiger partial charge in [0.2, 0.25) is 10.0 Å². The van der Waals surface area contributed by atoms with E-state index in [-0.39, 0.29) is 0 Å². The zero-order valence-electron chi connectivity index (χ0n) is 11.3. The number of nitrogens with one attached hydrogen (secondary N) is 1. The van der Waals surface area contributed by atoms with Crippen LogP contribution in [0.2, 0.25) is 0 Å². The maximum atomic E-state index is 12.1. The van der Waals surface area contributed by atoms with Crippen molar-refractivity contribution in [2.45, 2.75) is 25.2 Å². The van der Waals surface area contributed by atoms with E-state index in [2.05, 4.69) is 29.9 Å². The van der Waals surface area contributed by atoms with E-state index in [1.54, 1.807) is 24.3 Å². The van der Waals surface area contributed by atoms with Crippen LogP contribution in [0.1, 0.15) is 18.9 Å². The Bertz CT molecular complexity index is 598. The summed E-state index contributed by atoms with van der Waals surface area (Å²) in [7, 11) is -3.41. The molecule has 1 N–H and O–H groups in total. The zero-order chi connectivity index (χ0) is 13.9. The van der Waals surface area contributed by atoms with E-state index >= 15 is 0 Å². The van der Waals surface area contributed by atoms with E-state index < -0.39 is 10.0 Å². The van der Waals surface area contributed by atoms with Crippen molar-refractivity contribution in [3.05, 3.63) is 53.6 Å². The van der Waals surface area contributed by atoms with Crippen LogP contribution in [0.4, 0.5) is 0 Å². The predicted molar refractivity (Wildman–Crippen MR) is 77.4 cm³/mol. The molecule has 1 aliphatic carbocycles. The fourth-order valence-corrected chi connectivity index (χ4v) is 3.09. The SMILES string of the molecule is Cc1ccc(S(=O)(=O)NCC2=CC(C)C=CC2)cc1. The Hall–Kier alpha value is -1.39. The largest absolute Gasteiger partial charge is 0.240 e. The predicted octanol–water partition coefficient (Wildman–Crippen LogP) is 2.80. The summed E-state index contributed by atoms with van der Waals surface area (Å²) in [5.74, 6) is 0.382. The van der Waals surface area contributed by atoms with Crippen LogP contribution >= 0.6 is 0 Å². The third-order valence-electron chi connectivity index (χ3n) is 3.14. The Morgan fingerprint density at radius 1 is 1.26 bits per heavy atom. The van der Waals surface area contributed by atoms with Gasteiger partial charge in [-0.3, -0.25) is 0 Å². The molecule has 0 saturated carbocycles. The molecule has 0 heterocycles. The highest BCUT2D eigenvalue weighted by Crippen LogP contribution is 2.16. The Morgan fingerprint density at radius 2 is 1.95 bits per heavy atom. The number of hydrogen-bond donors (Lipinski definition) is 1. The van der Waals surface area contributed by atoms with Crippen LogP contribution in [0.5, 0.6) is 0 Å². The zero-order valence-corrected chi connectivity index (χ0v) is 12.1. The molecule has 3 nitrogen and oxygen atoms in total. The Morgan fingerprint density at radius 3 is 2.58 bits per heavy atom. The summed E-state index contributed by atoms with van der Waals surface area (Å²) in [6.45, 7) is 4.40. The third-order valence-corrected chi connectivity index (χ3v) is 4.56. The fraction of sp³-hybridized carbons (Fsp3) is 0.333. The van der Waals surface area contributed by atoms with Gasteiger partial charge in [0.15, 0.2) is 0 Å². The van der Waals surface area contributed by atoms with Crippen LogP contribution < -0.4 is 4.72 Å². The van der Waals surface area contributed by atoms with Gasteiger partial charge < -0.3 is 0 Å². The Kier molecular flexibility index (Phi) is 4.22. The van der Waals surface area contributed by atoms with Gasteiger partial charge in [-0.15, -0.1) is 0 Å². The second-order valence-corrected chi connectivity index (χ2v) is 6.72. The van der Waals surface area contributed by atoms with Crippen molar-refractivity contribution in [2.75, 3.05) is 6.54 Å². The molecule has 4 heteroatoms. The number of rotatable bonds is 4. The number of aryl methyl sites for hydroxylation is 1. The average molecular weight is 277 g/mol. The van der Waals surface area contributed by atoms with Crippen LogP contribution in [0.3, 0.4) is 0 Å². The van der Waals surface area contributed by atoms with Gasteiger partial charge in [0.1, 0.15) is 0 Å². The van der Waals surface area contributed by atoms with Crippen molar-refractivity contribution >= 4 is 10.0 Å². The monoisotopic (exact) mass is 277 g/mol. The molecule has 0 spiro atoms. The molecule has 1 unspecified atom stereocenters. The minimum absolute atomic E-state index is 0.318. The van der Waals surface area contributed by atoms with Gasteiger partial charge in [-0.2, -0.15) is 0 Å². The van der Waals surface area contributed by atoms with E-state index in [0.717, 1.165) is 17.6 Å². The molecule has 0 radical (unpaired) electrons. The molecule has 0 aromatic heterocycles. The van der Waals surface area contributed by atoms with Crippen molar-refractivity contribution in [1.82, 2.24) is 4.72 Å². The molecule has 0 aliphatic heterocycles. The van der Waals surface area contributed by atoms with Crippen LogP contribution in [0, 0.1) is 12.8 Å². The van der Waals surface area contributed by atoms with Gasteiger partial charge in [-0.05, 0) is 31.4 Å². The Balaban J connectivity index is 2.04. The third kappa shape index (κ3) is 3.78. The summed E-state index contributed by atoms with van der Waals surface area (Å²) in [5, 5.41) is 0. The number of hydrogen-bond acceptors (Lipinski definition) is 2. The fourth-order valence-electron chi connectivity index (χ4n) is 2.05. The second-order valence-electron chi connectivity index (χ2n) is 4.95. The van der Waals surface area contributed by atoms with Crippen molar-refractivity contribution in [2.24, 2.45) is 5.92 Å². The van der Waals surface area contributed by atoms with E-state index in [1.165, 1.54) is 0 Å². The standard InChI is InChI=1S/C15H19NO2S/c1-12-6-8-15(9-7-12)19(17,18)16-11-14-5-3-4-13(2)10-14/h3-4,6-10,13,16H,5,11H2,1-2H3. The number of sulfonamides is 1. The lowest BCUT2D eigenvalue weighted by molar-refractivity contribution is 0.584. The van der Waals surface area contributed by atoms with Crippen LogP contribution in [-0.4, -0.2) is 15.0 Å². The quantitative estimate of drug-likeness (QED) is 0.860. The summed E-state index contributed by atoms with van der Waals surface area (Å²) < 4.78 is 26.9. The summed E-state index contributed by atoms with van der Waals surface area (Å²) in [6.07, 6.45) is 7.14. The number of benzene rings is 1. The molecule has 19 heavy (non-hydrogen) atoms. The van der Waals surface area contributed by atoms with Crippen molar-refractivity contribution < 1.29 is 8.42 Å². The molecule has 1 aromatic rings. The molecule has 1 aliphatic rings. The van der Waals surface area contributed by atoms with Gasteiger partial charge in [-0.25, -0.2) is 13.1 Å². The van der Waals surface area contributed by atoms with E-state index in [9.17, 15) is 8.42 Å². The summed E-state index contributed by atoms with van der Waals surface area (Å²) >= 11 is 0. The minimum Gasteiger partial charge on any atom is -0.207 e. The first kappa shape index (κ1) is 14.0. The van der Waals surface area contributed by atoms with Crippen molar-refractivity contribution in [3.8, 4) is 0 Å². The smallest absolute Gasteiger partial charge is 0.207 e. The minimum atomic E-state index is -3.41. The lowest BCUT2D eigenvalue weighted by atomic mass is 9.99. The molecule has 1 aromatic carbocycles. The first-order chi connectivity index (χ1) is 8.97. The number of allylic oxidation sites excluding steroid dienone is 3. The van der Waals surface area contributed by atoms with Gasteiger partial charge in [0.05, 0.1) is 4.90 Å². The van der Waals surface area contributed by atoms with Crippen molar-refractivity contribution in [1.29, 1.82) is 0 Å². The molecule has 1 atom stereocenters. The molecule has 0 saturated heterocycles.